The van der Waals surface area contributed by atoms with Gasteiger partial charge in [-0.15, -0.1) is 0 Å². The maximum atomic E-state index is 12.4. The predicted molar refractivity (Wildman–Crippen MR) is 100 cm³/mol. The van der Waals surface area contributed by atoms with Crippen molar-refractivity contribution in [3.63, 3.8) is 0 Å². The Balaban J connectivity index is 1.56. The monoisotopic (exact) mass is 351 g/mol. The van der Waals surface area contributed by atoms with Crippen LogP contribution in [0.5, 0.6) is 5.75 Å². The van der Waals surface area contributed by atoms with Crippen LogP contribution in [-0.2, 0) is 0 Å². The summed E-state index contributed by atoms with van der Waals surface area (Å²) in [4.78, 5) is 12.4. The van der Waals surface area contributed by atoms with E-state index in [1.807, 2.05) is 36.4 Å². The number of hydrogen-bond acceptors (Lipinski definition) is 5. The lowest BCUT2D eigenvalue weighted by molar-refractivity contribution is 0.106. The zero-order chi connectivity index (χ0) is 17.9. The van der Waals surface area contributed by atoms with Crippen LogP contribution in [0.1, 0.15) is 12.8 Å². The summed E-state index contributed by atoms with van der Waals surface area (Å²) in [5, 5.41) is 13.9. The molecule has 0 aliphatic heterocycles. The summed E-state index contributed by atoms with van der Waals surface area (Å²) in [5.74, 6) is 1.03. The summed E-state index contributed by atoms with van der Waals surface area (Å²) in [6.45, 7) is 0.687. The first-order valence-electron chi connectivity index (χ1n) is 8.87. The summed E-state index contributed by atoms with van der Waals surface area (Å²) in [5.41, 5.74) is 1.14. The first kappa shape index (κ1) is 16.8. The molecule has 134 valence electrons. The molecule has 1 fully saturated rings. The Bertz CT molecular complexity index is 961. The third-order valence-corrected chi connectivity index (χ3v) is 4.44. The SMILES string of the molecule is O=c1cc(-c2ccccc2OCC(O)CNC2CC2)oc2ccccc12. The summed E-state index contributed by atoms with van der Waals surface area (Å²) < 4.78 is 11.7. The van der Waals surface area contributed by atoms with Crippen LogP contribution in [0.15, 0.2) is 63.8 Å². The second-order valence-corrected chi connectivity index (χ2v) is 6.61. The summed E-state index contributed by atoms with van der Waals surface area (Å²) in [6.07, 6.45) is 1.77. The van der Waals surface area contributed by atoms with Gasteiger partial charge in [0.2, 0.25) is 0 Å². The number of aliphatic hydroxyl groups is 1. The average Bonchev–Trinajstić information content (AvgIpc) is 3.49. The zero-order valence-electron chi connectivity index (χ0n) is 14.4. The molecule has 1 saturated carbocycles. The number of hydrogen-bond donors (Lipinski definition) is 2. The van der Waals surface area contributed by atoms with Crippen LogP contribution in [0, 0.1) is 0 Å². The molecule has 0 amide bonds. The molecule has 1 aliphatic carbocycles. The van der Waals surface area contributed by atoms with E-state index < -0.39 is 6.10 Å². The van der Waals surface area contributed by atoms with Crippen molar-refractivity contribution in [3.05, 3.63) is 64.8 Å². The molecule has 2 N–H and O–H groups in total. The lowest BCUT2D eigenvalue weighted by Gasteiger charge is -2.15. The van der Waals surface area contributed by atoms with E-state index in [1.54, 1.807) is 12.1 Å². The van der Waals surface area contributed by atoms with Gasteiger partial charge in [-0.25, -0.2) is 0 Å². The molecule has 0 bridgehead atoms. The number of benzene rings is 2. The fourth-order valence-corrected chi connectivity index (χ4v) is 2.87. The fraction of sp³-hybridized carbons (Fsp3) is 0.286. The lowest BCUT2D eigenvalue weighted by atomic mass is 10.1. The minimum Gasteiger partial charge on any atom is -0.490 e. The molecule has 1 heterocycles. The van der Waals surface area contributed by atoms with E-state index in [9.17, 15) is 9.90 Å². The highest BCUT2D eigenvalue weighted by Crippen LogP contribution is 2.30. The molecule has 2 aromatic carbocycles. The molecule has 5 nitrogen and oxygen atoms in total. The third-order valence-electron chi connectivity index (χ3n) is 4.44. The van der Waals surface area contributed by atoms with Gasteiger partial charge in [-0.3, -0.25) is 4.79 Å². The molecule has 0 saturated heterocycles. The van der Waals surface area contributed by atoms with Crippen LogP contribution < -0.4 is 15.5 Å². The van der Waals surface area contributed by atoms with E-state index in [0.29, 0.717) is 40.6 Å². The first-order valence-corrected chi connectivity index (χ1v) is 8.87. The van der Waals surface area contributed by atoms with Crippen molar-refractivity contribution in [3.8, 4) is 17.1 Å². The van der Waals surface area contributed by atoms with Gasteiger partial charge in [-0.1, -0.05) is 24.3 Å². The van der Waals surface area contributed by atoms with E-state index in [0.717, 1.165) is 0 Å². The van der Waals surface area contributed by atoms with Crippen LogP contribution in [0.25, 0.3) is 22.3 Å². The smallest absolute Gasteiger partial charge is 0.193 e. The maximum absolute atomic E-state index is 12.4. The van der Waals surface area contributed by atoms with Gasteiger partial charge in [0.1, 0.15) is 29.8 Å². The quantitative estimate of drug-likeness (QED) is 0.685. The van der Waals surface area contributed by atoms with Crippen molar-refractivity contribution in [1.29, 1.82) is 0 Å². The van der Waals surface area contributed by atoms with Gasteiger partial charge < -0.3 is 19.6 Å². The number of fused-ring (bicyclic) bond motifs is 1. The minimum absolute atomic E-state index is 0.0923. The zero-order valence-corrected chi connectivity index (χ0v) is 14.4. The Labute approximate surface area is 151 Å². The highest BCUT2D eigenvalue weighted by atomic mass is 16.5. The molecule has 0 radical (unpaired) electrons. The van der Waals surface area contributed by atoms with Crippen LogP contribution in [0.2, 0.25) is 0 Å². The Morgan fingerprint density at radius 2 is 1.92 bits per heavy atom. The number of ether oxygens (including phenoxy) is 1. The number of para-hydroxylation sites is 2. The van der Waals surface area contributed by atoms with Crippen LogP contribution in [0.4, 0.5) is 0 Å². The standard InChI is InChI=1S/C21H21NO4/c23-15(12-22-14-9-10-14)13-25-19-7-3-2-6-17(19)21-11-18(24)16-5-1-4-8-20(16)26-21/h1-8,11,14-15,22-23H,9-10,12-13H2. The fourth-order valence-electron chi connectivity index (χ4n) is 2.87. The molecular weight excluding hydrogens is 330 g/mol. The highest BCUT2D eigenvalue weighted by molar-refractivity contribution is 5.79. The number of aliphatic hydroxyl groups excluding tert-OH is 1. The summed E-state index contributed by atoms with van der Waals surface area (Å²) >= 11 is 0. The van der Waals surface area contributed by atoms with Crippen molar-refractivity contribution in [2.75, 3.05) is 13.2 Å². The molecule has 3 aromatic rings. The van der Waals surface area contributed by atoms with Crippen LogP contribution >= 0.6 is 0 Å². The van der Waals surface area contributed by atoms with Crippen molar-refractivity contribution in [2.45, 2.75) is 25.0 Å². The predicted octanol–water partition coefficient (Wildman–Crippen LogP) is 2.95. The van der Waals surface area contributed by atoms with Gasteiger partial charge in [-0.2, -0.15) is 0 Å². The van der Waals surface area contributed by atoms with Gasteiger partial charge in [0.25, 0.3) is 0 Å². The highest BCUT2D eigenvalue weighted by Gasteiger charge is 2.21. The first-order chi connectivity index (χ1) is 12.7. The van der Waals surface area contributed by atoms with Gasteiger partial charge in [0, 0.05) is 18.7 Å². The minimum atomic E-state index is -0.590. The molecule has 1 aromatic heterocycles. The Morgan fingerprint density at radius 1 is 1.15 bits per heavy atom. The van der Waals surface area contributed by atoms with Crippen molar-refractivity contribution >= 4 is 11.0 Å². The normalized spacial score (nSPS) is 15.1. The van der Waals surface area contributed by atoms with Gasteiger partial charge in [0.05, 0.1) is 10.9 Å². The second kappa shape index (κ2) is 7.32. The summed E-state index contributed by atoms with van der Waals surface area (Å²) in [7, 11) is 0. The van der Waals surface area contributed by atoms with E-state index in [1.165, 1.54) is 18.9 Å². The average molecular weight is 351 g/mol. The Hall–Kier alpha value is -2.63. The third kappa shape index (κ3) is 3.79. The molecule has 0 spiro atoms. The maximum Gasteiger partial charge on any atom is 0.193 e. The van der Waals surface area contributed by atoms with E-state index in [2.05, 4.69) is 5.32 Å². The lowest BCUT2D eigenvalue weighted by Crippen LogP contribution is -2.32. The van der Waals surface area contributed by atoms with E-state index in [-0.39, 0.29) is 12.0 Å². The Kier molecular flexibility index (Phi) is 4.73. The molecule has 4 rings (SSSR count). The topological polar surface area (TPSA) is 71.7 Å². The molecular formula is C21H21NO4. The molecule has 5 heteroatoms. The van der Waals surface area contributed by atoms with Gasteiger partial charge >= 0.3 is 0 Å². The van der Waals surface area contributed by atoms with Crippen LogP contribution in [0.3, 0.4) is 0 Å². The molecule has 1 aliphatic rings. The number of rotatable bonds is 7. The van der Waals surface area contributed by atoms with Gasteiger partial charge in [0.15, 0.2) is 5.43 Å². The van der Waals surface area contributed by atoms with E-state index in [4.69, 9.17) is 9.15 Å². The number of nitrogens with one attached hydrogen (secondary N) is 1. The molecule has 26 heavy (non-hydrogen) atoms. The largest absolute Gasteiger partial charge is 0.490 e. The van der Waals surface area contributed by atoms with Crippen molar-refractivity contribution in [1.82, 2.24) is 5.32 Å². The van der Waals surface area contributed by atoms with Crippen molar-refractivity contribution < 1.29 is 14.3 Å². The van der Waals surface area contributed by atoms with Gasteiger partial charge in [-0.05, 0) is 37.1 Å². The molecule has 1 unspecified atom stereocenters. The Morgan fingerprint density at radius 3 is 2.77 bits per heavy atom. The summed E-state index contributed by atoms with van der Waals surface area (Å²) in [6, 6.07) is 16.6. The molecule has 1 atom stereocenters. The van der Waals surface area contributed by atoms with Crippen molar-refractivity contribution in [2.24, 2.45) is 0 Å². The van der Waals surface area contributed by atoms with E-state index >= 15 is 0 Å². The van der Waals surface area contributed by atoms with Crippen LogP contribution in [-0.4, -0.2) is 30.4 Å². The second-order valence-electron chi connectivity index (χ2n) is 6.61.